The highest BCUT2D eigenvalue weighted by Gasteiger charge is 2.41. The van der Waals surface area contributed by atoms with Crippen molar-refractivity contribution in [2.24, 2.45) is 17.4 Å². The van der Waals surface area contributed by atoms with Gasteiger partial charge in [-0.1, -0.05) is 26.0 Å². The first-order valence-corrected chi connectivity index (χ1v) is 22.7. The van der Waals surface area contributed by atoms with Crippen molar-refractivity contribution < 1.29 is 53.4 Å². The molecule has 3 saturated heterocycles. The number of benzene rings is 1. The number of hydrogen-bond acceptors (Lipinski definition) is 12. The first kappa shape index (κ1) is 51.8. The number of carbonyl (C=O) groups excluding carboxylic acids is 8. The van der Waals surface area contributed by atoms with E-state index in [1.54, 1.807) is 12.1 Å². The molecule has 0 radical (unpaired) electrons. The molecule has 11 N–H and O–H groups in total. The van der Waals surface area contributed by atoms with Gasteiger partial charge in [0.2, 0.25) is 47.3 Å². The molecular formula is C44H68N10O11. The molecule has 360 valence electrons. The molecule has 1 aromatic rings. The van der Waals surface area contributed by atoms with Crippen LogP contribution >= 0.6 is 0 Å². The average Bonchev–Trinajstić information content (AvgIpc) is 4.07. The summed E-state index contributed by atoms with van der Waals surface area (Å²) in [6.07, 6.45) is 3.92. The maximum Gasteiger partial charge on any atom is 0.326 e. The highest BCUT2D eigenvalue weighted by atomic mass is 16.4. The zero-order valence-electron chi connectivity index (χ0n) is 37.9. The second-order valence-electron chi connectivity index (χ2n) is 17.7. The summed E-state index contributed by atoms with van der Waals surface area (Å²) in [4.78, 5) is 124. The SMILES string of the molecule is CC(C)C[C@H](NC(=O)[C@H](CCCCN)NC(=O)[C@H](C)N)C(=O)N1CCC[C@H]1C(=O)N[C@@H](Cc1ccc(O)cc1)C(=O)NCC(=O)N1CCC[C@H]1C(=O)N[C@@H](C)C(=O)N1CCC[C@H]1C(=O)O. The molecule has 1 aromatic carbocycles. The Hall–Kier alpha value is -5.83. The molecule has 65 heavy (non-hydrogen) atoms. The van der Waals surface area contributed by atoms with Crippen LogP contribution in [-0.4, -0.2) is 159 Å². The monoisotopic (exact) mass is 913 g/mol. The summed E-state index contributed by atoms with van der Waals surface area (Å²) in [5.41, 5.74) is 12.0. The molecule has 3 aliphatic heterocycles. The molecular weight excluding hydrogens is 845 g/mol. The lowest BCUT2D eigenvalue weighted by atomic mass is 10.0. The van der Waals surface area contributed by atoms with Gasteiger partial charge in [0.05, 0.1) is 12.6 Å². The van der Waals surface area contributed by atoms with Crippen LogP contribution in [-0.2, 0) is 49.6 Å². The minimum absolute atomic E-state index is 0.0193. The number of carboxylic acid groups (broad SMARTS) is 1. The smallest absolute Gasteiger partial charge is 0.326 e. The van der Waals surface area contributed by atoms with Crippen molar-refractivity contribution in [1.82, 2.24) is 41.3 Å². The van der Waals surface area contributed by atoms with Crippen molar-refractivity contribution in [3.8, 4) is 5.75 Å². The Balaban J connectivity index is 1.44. The number of nitrogens with zero attached hydrogens (tertiary/aromatic N) is 3. The fourth-order valence-electron chi connectivity index (χ4n) is 8.51. The minimum Gasteiger partial charge on any atom is -0.508 e. The number of likely N-dealkylation sites (tertiary alicyclic amines) is 3. The summed E-state index contributed by atoms with van der Waals surface area (Å²) in [6.45, 7) is 7.22. The number of amides is 8. The maximum atomic E-state index is 14.2. The molecule has 0 saturated carbocycles. The van der Waals surface area contributed by atoms with Crippen LogP contribution in [0.5, 0.6) is 5.75 Å². The van der Waals surface area contributed by atoms with E-state index in [1.165, 1.54) is 40.7 Å². The lowest BCUT2D eigenvalue weighted by molar-refractivity contribution is -0.149. The van der Waals surface area contributed by atoms with E-state index in [0.29, 0.717) is 57.1 Å². The van der Waals surface area contributed by atoms with Crippen molar-refractivity contribution >= 4 is 53.2 Å². The van der Waals surface area contributed by atoms with Crippen LogP contribution in [0, 0.1) is 5.92 Å². The second kappa shape index (κ2) is 24.5. The number of hydrogen-bond donors (Lipinski definition) is 9. The quantitative estimate of drug-likeness (QED) is 0.0605. The molecule has 21 heteroatoms. The van der Waals surface area contributed by atoms with Crippen molar-refractivity contribution in [2.45, 2.75) is 147 Å². The fraction of sp³-hybridized carbons (Fsp3) is 0.659. The van der Waals surface area contributed by atoms with Crippen molar-refractivity contribution in [2.75, 3.05) is 32.7 Å². The fourth-order valence-corrected chi connectivity index (χ4v) is 8.51. The Kier molecular flexibility index (Phi) is 19.5. The second-order valence-corrected chi connectivity index (χ2v) is 17.7. The van der Waals surface area contributed by atoms with Crippen LogP contribution in [0.4, 0.5) is 0 Å². The van der Waals surface area contributed by atoms with Gasteiger partial charge in [-0.15, -0.1) is 0 Å². The molecule has 0 bridgehead atoms. The van der Waals surface area contributed by atoms with E-state index in [-0.39, 0.29) is 57.0 Å². The van der Waals surface area contributed by atoms with Gasteiger partial charge in [0.1, 0.15) is 48.0 Å². The van der Waals surface area contributed by atoms with Crippen molar-refractivity contribution in [3.63, 3.8) is 0 Å². The van der Waals surface area contributed by atoms with Gasteiger partial charge in [-0.3, -0.25) is 38.4 Å². The average molecular weight is 913 g/mol. The zero-order chi connectivity index (χ0) is 48.0. The number of unbranched alkanes of at least 4 members (excludes halogenated alkanes) is 1. The molecule has 3 aliphatic rings. The third-order valence-corrected chi connectivity index (χ3v) is 12.0. The molecule has 0 unspecified atom stereocenters. The first-order chi connectivity index (χ1) is 30.8. The summed E-state index contributed by atoms with van der Waals surface area (Å²) in [6, 6.07) is -2.14. The number of nitrogens with one attached hydrogen (secondary N) is 5. The lowest BCUT2D eigenvalue weighted by Gasteiger charge is -2.31. The van der Waals surface area contributed by atoms with Crippen LogP contribution in [0.3, 0.4) is 0 Å². The molecule has 21 nitrogen and oxygen atoms in total. The number of aliphatic carboxylic acids is 1. The highest BCUT2D eigenvalue weighted by Crippen LogP contribution is 2.23. The highest BCUT2D eigenvalue weighted by molar-refractivity contribution is 5.98. The maximum absolute atomic E-state index is 14.2. The van der Waals surface area contributed by atoms with Crippen molar-refractivity contribution in [3.05, 3.63) is 29.8 Å². The Morgan fingerprint density at radius 3 is 1.82 bits per heavy atom. The van der Waals surface area contributed by atoms with Crippen LogP contribution in [0.15, 0.2) is 24.3 Å². The Morgan fingerprint density at radius 2 is 1.23 bits per heavy atom. The van der Waals surface area contributed by atoms with Crippen LogP contribution in [0.1, 0.15) is 97.5 Å². The van der Waals surface area contributed by atoms with Gasteiger partial charge in [-0.05, 0) is 108 Å². The van der Waals surface area contributed by atoms with E-state index >= 15 is 0 Å². The molecule has 0 aliphatic carbocycles. The standard InChI is InChI=1S/C44H68N10O11/c1-25(2)22-32(51-39(59)30(10-5-6-18-45)49-37(57)26(3)46)43(63)53-20-8-12-34(53)41(61)50-31(23-28-14-16-29(55)17-15-28)38(58)47-24-36(56)52-19-7-11-33(52)40(60)48-27(4)42(62)54-21-9-13-35(54)44(64)65/h14-17,25-27,30-35,55H,5-13,18-24,45-46H2,1-4H3,(H,47,58)(H,48,60)(H,49,57)(H,50,61)(H,51,59)(H,64,65)/t26-,27-,30-,31-,32-,33-,34-,35-/m0/s1. The van der Waals surface area contributed by atoms with E-state index in [2.05, 4.69) is 26.6 Å². The Bertz CT molecular complexity index is 1880. The number of carboxylic acids is 1. The topological polar surface area (TPSA) is 316 Å². The van der Waals surface area contributed by atoms with Crippen LogP contribution in [0.25, 0.3) is 0 Å². The van der Waals surface area contributed by atoms with Crippen LogP contribution < -0.4 is 38.1 Å². The number of carbonyl (C=O) groups is 9. The van der Waals surface area contributed by atoms with Gasteiger partial charge >= 0.3 is 5.97 Å². The van der Waals surface area contributed by atoms with Gasteiger partial charge in [-0.2, -0.15) is 0 Å². The summed E-state index contributed by atoms with van der Waals surface area (Å²) in [5, 5.41) is 32.8. The van der Waals surface area contributed by atoms with Gasteiger partial charge in [0.15, 0.2) is 0 Å². The third-order valence-electron chi connectivity index (χ3n) is 12.0. The molecule has 8 amide bonds. The summed E-state index contributed by atoms with van der Waals surface area (Å²) < 4.78 is 0. The predicted octanol–water partition coefficient (Wildman–Crippen LogP) is -1.41. The van der Waals surface area contributed by atoms with Gasteiger partial charge < -0.3 is 63.0 Å². The van der Waals surface area contributed by atoms with Gasteiger partial charge in [0, 0.05) is 26.1 Å². The van der Waals surface area contributed by atoms with Gasteiger partial charge in [0.25, 0.3) is 0 Å². The zero-order valence-corrected chi connectivity index (χ0v) is 37.9. The number of nitrogens with two attached hydrogens (primary N) is 2. The summed E-state index contributed by atoms with van der Waals surface area (Å²) in [7, 11) is 0. The molecule has 8 atom stereocenters. The van der Waals surface area contributed by atoms with E-state index in [0.717, 1.165) is 0 Å². The number of phenolic OH excluding ortho intramolecular Hbond substituents is 1. The lowest BCUT2D eigenvalue weighted by Crippen LogP contribution is -2.59. The summed E-state index contributed by atoms with van der Waals surface area (Å²) >= 11 is 0. The molecule has 3 fully saturated rings. The Labute approximate surface area is 379 Å². The van der Waals surface area contributed by atoms with Crippen LogP contribution in [0.2, 0.25) is 0 Å². The number of aromatic hydroxyl groups is 1. The van der Waals surface area contributed by atoms with Crippen molar-refractivity contribution in [1.29, 1.82) is 0 Å². The molecule has 3 heterocycles. The number of rotatable bonds is 22. The summed E-state index contributed by atoms with van der Waals surface area (Å²) in [5.74, 6) is -5.88. The van der Waals surface area contributed by atoms with E-state index in [1.807, 2.05) is 13.8 Å². The largest absolute Gasteiger partial charge is 0.508 e. The first-order valence-electron chi connectivity index (χ1n) is 22.7. The molecule has 0 aromatic heterocycles. The molecule has 4 rings (SSSR count). The van der Waals surface area contributed by atoms with E-state index < -0.39 is 108 Å². The van der Waals surface area contributed by atoms with Gasteiger partial charge in [-0.25, -0.2) is 4.79 Å². The number of phenols is 1. The van der Waals surface area contributed by atoms with E-state index in [4.69, 9.17) is 11.5 Å². The van der Waals surface area contributed by atoms with E-state index in [9.17, 15) is 53.4 Å². The third kappa shape index (κ3) is 14.6. The molecule has 0 spiro atoms. The predicted molar refractivity (Wildman–Crippen MR) is 236 cm³/mol. The minimum atomic E-state index is -1.25. The Morgan fingerprint density at radius 1 is 0.677 bits per heavy atom. The normalized spacial score (nSPS) is 20.6.